The van der Waals surface area contributed by atoms with Gasteiger partial charge in [-0.2, -0.15) is 0 Å². The quantitative estimate of drug-likeness (QED) is 0.505. The highest BCUT2D eigenvalue weighted by Gasteiger charge is 2.36. The Balaban J connectivity index is 1.50. The summed E-state index contributed by atoms with van der Waals surface area (Å²) in [5.74, 6) is -1.46. The van der Waals surface area contributed by atoms with Crippen molar-refractivity contribution in [2.75, 3.05) is 24.5 Å². The third-order valence-corrected chi connectivity index (χ3v) is 9.22. The van der Waals surface area contributed by atoms with Gasteiger partial charge >= 0.3 is 0 Å². The van der Waals surface area contributed by atoms with Crippen LogP contribution in [-0.4, -0.2) is 50.8 Å². The average Bonchev–Trinajstić information content (AvgIpc) is 2.98. The van der Waals surface area contributed by atoms with Gasteiger partial charge in [-0.1, -0.05) is 36.8 Å². The van der Waals surface area contributed by atoms with Crippen LogP contribution in [0.3, 0.4) is 0 Å². The maximum absolute atomic E-state index is 14.6. The van der Waals surface area contributed by atoms with Gasteiger partial charge in [0.15, 0.2) is 0 Å². The number of amides is 2. The van der Waals surface area contributed by atoms with E-state index in [1.54, 1.807) is 30.3 Å². The van der Waals surface area contributed by atoms with Crippen LogP contribution in [-0.2, 0) is 16.4 Å². The van der Waals surface area contributed by atoms with E-state index in [-0.39, 0.29) is 44.6 Å². The van der Waals surface area contributed by atoms with E-state index < -0.39 is 21.6 Å². The fraction of sp³-hybridized carbons (Fsp3) is 0.310. The Morgan fingerprint density at radius 2 is 1.79 bits per heavy atom. The summed E-state index contributed by atoms with van der Waals surface area (Å²) in [6.45, 7) is 4.16. The molecule has 198 valence electrons. The Hall–Kier alpha value is -3.56. The van der Waals surface area contributed by atoms with Crippen LogP contribution >= 0.6 is 0 Å². The monoisotopic (exact) mass is 535 g/mol. The summed E-state index contributed by atoms with van der Waals surface area (Å²) in [5, 5.41) is 2.92. The summed E-state index contributed by atoms with van der Waals surface area (Å²) in [6.07, 6.45) is 3.50. The standard InChI is InChI=1S/C29H30FN3O4S/c1-20-8-6-7-16-32(20)17-15-31-28(34)21-13-14-27-25(18-21)33(19-22-9-2-4-11-24(22)30)29(35)23-10-3-5-12-26(23)38(27,36)37/h2-5,9-14,18,20H,6-8,15-17,19H2,1H3,(H,31,34)/t20-/m0/s1. The van der Waals surface area contributed by atoms with Crippen molar-refractivity contribution in [1.82, 2.24) is 10.2 Å². The van der Waals surface area contributed by atoms with Crippen molar-refractivity contribution in [1.29, 1.82) is 0 Å². The minimum atomic E-state index is -4.08. The third-order valence-electron chi connectivity index (χ3n) is 7.37. The molecule has 0 radical (unpaired) electrons. The van der Waals surface area contributed by atoms with Gasteiger partial charge in [0.1, 0.15) is 5.82 Å². The van der Waals surface area contributed by atoms with Gasteiger partial charge in [0.25, 0.3) is 11.8 Å². The highest BCUT2D eigenvalue weighted by Crippen LogP contribution is 2.38. The molecule has 5 rings (SSSR count). The number of piperidine rings is 1. The van der Waals surface area contributed by atoms with E-state index in [0.29, 0.717) is 12.6 Å². The molecule has 38 heavy (non-hydrogen) atoms. The second-order valence-corrected chi connectivity index (χ2v) is 11.7. The van der Waals surface area contributed by atoms with Gasteiger partial charge in [0.05, 0.1) is 27.6 Å². The van der Waals surface area contributed by atoms with Crippen LogP contribution in [0.4, 0.5) is 10.1 Å². The van der Waals surface area contributed by atoms with E-state index in [0.717, 1.165) is 25.9 Å². The molecule has 2 heterocycles. The van der Waals surface area contributed by atoms with E-state index in [1.807, 2.05) is 0 Å². The van der Waals surface area contributed by atoms with E-state index in [1.165, 1.54) is 47.7 Å². The number of carbonyl (C=O) groups is 2. The van der Waals surface area contributed by atoms with Crippen LogP contribution in [0.1, 0.15) is 52.5 Å². The third kappa shape index (κ3) is 4.96. The molecule has 3 aromatic rings. The van der Waals surface area contributed by atoms with Crippen LogP contribution in [0, 0.1) is 5.82 Å². The molecule has 7 nitrogen and oxygen atoms in total. The molecular weight excluding hydrogens is 505 g/mol. The number of rotatable bonds is 6. The lowest BCUT2D eigenvalue weighted by Gasteiger charge is -2.33. The van der Waals surface area contributed by atoms with Gasteiger partial charge in [-0.25, -0.2) is 12.8 Å². The molecule has 0 saturated carbocycles. The second-order valence-electron chi connectivity index (χ2n) is 9.80. The molecule has 2 amide bonds. The Labute approximate surface area is 222 Å². The number of nitrogens with zero attached hydrogens (tertiary/aromatic N) is 2. The minimum absolute atomic E-state index is 0.00157. The summed E-state index contributed by atoms with van der Waals surface area (Å²) < 4.78 is 41.9. The summed E-state index contributed by atoms with van der Waals surface area (Å²) in [4.78, 5) is 30.1. The number of sulfone groups is 1. The van der Waals surface area contributed by atoms with Crippen molar-refractivity contribution in [2.45, 2.75) is 48.6 Å². The first-order chi connectivity index (χ1) is 18.3. The molecule has 2 aliphatic heterocycles. The second kappa shape index (κ2) is 10.7. The fourth-order valence-corrected chi connectivity index (χ4v) is 6.84. The average molecular weight is 536 g/mol. The number of nitrogens with one attached hydrogen (secondary N) is 1. The Morgan fingerprint density at radius 1 is 1.03 bits per heavy atom. The largest absolute Gasteiger partial charge is 0.351 e. The zero-order chi connectivity index (χ0) is 26.9. The Kier molecular flexibility index (Phi) is 7.32. The predicted octanol–water partition coefficient (Wildman–Crippen LogP) is 4.42. The van der Waals surface area contributed by atoms with Gasteiger partial charge in [0, 0.05) is 30.3 Å². The molecule has 2 aliphatic rings. The number of hydrogen-bond donors (Lipinski definition) is 1. The molecular formula is C29H30FN3O4S. The fourth-order valence-electron chi connectivity index (χ4n) is 5.21. The van der Waals surface area contributed by atoms with Crippen molar-refractivity contribution in [3.8, 4) is 0 Å². The predicted molar refractivity (Wildman–Crippen MR) is 142 cm³/mol. The number of hydrogen-bond acceptors (Lipinski definition) is 5. The van der Waals surface area contributed by atoms with Gasteiger partial charge in [-0.15, -0.1) is 0 Å². The van der Waals surface area contributed by atoms with Crippen molar-refractivity contribution in [2.24, 2.45) is 0 Å². The smallest absolute Gasteiger partial charge is 0.259 e. The molecule has 0 aliphatic carbocycles. The molecule has 1 saturated heterocycles. The van der Waals surface area contributed by atoms with Crippen LogP contribution in [0.5, 0.6) is 0 Å². The van der Waals surface area contributed by atoms with E-state index in [2.05, 4.69) is 17.1 Å². The van der Waals surface area contributed by atoms with Gasteiger partial charge in [-0.3, -0.25) is 14.5 Å². The first-order valence-corrected chi connectivity index (χ1v) is 14.3. The highest BCUT2D eigenvalue weighted by atomic mass is 32.2. The molecule has 0 aromatic heterocycles. The van der Waals surface area contributed by atoms with Crippen LogP contribution < -0.4 is 10.2 Å². The molecule has 3 aromatic carbocycles. The highest BCUT2D eigenvalue weighted by molar-refractivity contribution is 7.91. The molecule has 1 fully saturated rings. The van der Waals surface area contributed by atoms with Gasteiger partial charge in [-0.05, 0) is 62.7 Å². The van der Waals surface area contributed by atoms with Crippen LogP contribution in [0.25, 0.3) is 0 Å². The van der Waals surface area contributed by atoms with Crippen LogP contribution in [0.15, 0.2) is 76.5 Å². The maximum atomic E-state index is 14.6. The zero-order valence-corrected chi connectivity index (χ0v) is 22.0. The number of likely N-dealkylation sites (tertiary alicyclic amines) is 1. The summed E-state index contributed by atoms with van der Waals surface area (Å²) in [7, 11) is -4.08. The summed E-state index contributed by atoms with van der Waals surface area (Å²) >= 11 is 0. The lowest BCUT2D eigenvalue weighted by atomic mass is 10.0. The Bertz CT molecular complexity index is 1490. The summed E-state index contributed by atoms with van der Waals surface area (Å²) in [5.41, 5.74) is 0.505. The van der Waals surface area contributed by atoms with Crippen molar-refractivity contribution in [3.05, 3.63) is 89.2 Å². The number of carbonyl (C=O) groups excluding carboxylic acids is 2. The van der Waals surface area contributed by atoms with Crippen molar-refractivity contribution in [3.63, 3.8) is 0 Å². The number of benzene rings is 3. The normalized spacial score (nSPS) is 18.8. The van der Waals surface area contributed by atoms with Crippen molar-refractivity contribution >= 4 is 27.3 Å². The molecule has 0 spiro atoms. The topological polar surface area (TPSA) is 86.8 Å². The number of fused-ring (bicyclic) bond motifs is 2. The van der Waals surface area contributed by atoms with Gasteiger partial charge in [0.2, 0.25) is 9.84 Å². The van der Waals surface area contributed by atoms with E-state index in [9.17, 15) is 22.4 Å². The number of anilines is 1. The molecule has 9 heteroatoms. The van der Waals surface area contributed by atoms with Crippen LogP contribution in [0.2, 0.25) is 0 Å². The molecule has 1 N–H and O–H groups in total. The van der Waals surface area contributed by atoms with Gasteiger partial charge < -0.3 is 10.2 Å². The SMILES string of the molecule is C[C@H]1CCCCN1CCNC(=O)c1ccc2c(c1)N(Cc1ccccc1F)C(=O)c1ccccc1S2(=O)=O. The zero-order valence-electron chi connectivity index (χ0n) is 21.2. The minimum Gasteiger partial charge on any atom is -0.351 e. The lowest BCUT2D eigenvalue weighted by Crippen LogP contribution is -2.42. The van der Waals surface area contributed by atoms with E-state index >= 15 is 0 Å². The Morgan fingerprint density at radius 3 is 2.58 bits per heavy atom. The lowest BCUT2D eigenvalue weighted by molar-refractivity contribution is 0.0936. The maximum Gasteiger partial charge on any atom is 0.259 e. The van der Waals surface area contributed by atoms with Crippen molar-refractivity contribution < 1.29 is 22.4 Å². The molecule has 1 atom stereocenters. The number of halogens is 1. The first-order valence-electron chi connectivity index (χ1n) is 12.8. The molecule has 0 bridgehead atoms. The first kappa shape index (κ1) is 26.1. The molecule has 0 unspecified atom stereocenters. The summed E-state index contributed by atoms with van der Waals surface area (Å²) in [6, 6.07) is 16.7. The van der Waals surface area contributed by atoms with E-state index in [4.69, 9.17) is 0 Å².